The van der Waals surface area contributed by atoms with E-state index < -0.39 is 0 Å². The summed E-state index contributed by atoms with van der Waals surface area (Å²) in [7, 11) is 0. The summed E-state index contributed by atoms with van der Waals surface area (Å²) >= 11 is 1.68. The monoisotopic (exact) mass is 233 g/mol. The molecule has 0 unspecified atom stereocenters. The van der Waals surface area contributed by atoms with Crippen molar-refractivity contribution < 1.29 is 4.74 Å². The van der Waals surface area contributed by atoms with Gasteiger partial charge in [0, 0.05) is 4.90 Å². The van der Waals surface area contributed by atoms with Crippen molar-refractivity contribution in [3.05, 3.63) is 36.7 Å². The number of rotatable bonds is 3. The van der Waals surface area contributed by atoms with Crippen LogP contribution in [-0.4, -0.2) is 16.2 Å². The van der Waals surface area contributed by atoms with Crippen LogP contribution < -0.4 is 10.5 Å². The molecule has 0 radical (unpaired) electrons. The molecule has 0 aliphatic rings. The van der Waals surface area contributed by atoms with Crippen LogP contribution in [0.15, 0.2) is 41.6 Å². The van der Waals surface area contributed by atoms with Crippen LogP contribution in [0, 0.1) is 0 Å². The third kappa shape index (κ3) is 2.64. The summed E-state index contributed by atoms with van der Waals surface area (Å²) in [5.74, 6) is 1.47. The molecule has 0 saturated carbocycles. The molecule has 1 aromatic carbocycles. The molecule has 0 aliphatic heterocycles. The SMILES string of the molecule is CSc1ccc(Oc2cncc(N)n2)cc1. The highest BCUT2D eigenvalue weighted by atomic mass is 32.2. The van der Waals surface area contributed by atoms with E-state index >= 15 is 0 Å². The summed E-state index contributed by atoms with van der Waals surface area (Å²) in [6.07, 6.45) is 5.03. The van der Waals surface area contributed by atoms with Crippen LogP contribution in [0.5, 0.6) is 11.6 Å². The van der Waals surface area contributed by atoms with E-state index in [-0.39, 0.29) is 0 Å². The van der Waals surface area contributed by atoms with E-state index in [0.29, 0.717) is 11.7 Å². The Bertz CT molecular complexity index is 473. The Labute approximate surface area is 97.9 Å². The molecule has 16 heavy (non-hydrogen) atoms. The first kappa shape index (κ1) is 10.8. The molecule has 2 rings (SSSR count). The lowest BCUT2D eigenvalue weighted by Crippen LogP contribution is -1.94. The molecule has 5 heteroatoms. The average molecular weight is 233 g/mol. The van der Waals surface area contributed by atoms with Gasteiger partial charge in [0.1, 0.15) is 11.6 Å². The molecular weight excluding hydrogens is 222 g/mol. The van der Waals surface area contributed by atoms with E-state index in [1.165, 1.54) is 17.3 Å². The molecule has 0 aliphatic carbocycles. The predicted molar refractivity (Wildman–Crippen MR) is 64.7 cm³/mol. The highest BCUT2D eigenvalue weighted by molar-refractivity contribution is 7.98. The normalized spacial score (nSPS) is 10.1. The molecule has 0 saturated heterocycles. The van der Waals surface area contributed by atoms with Crippen LogP contribution >= 0.6 is 11.8 Å². The molecule has 0 bridgehead atoms. The Balaban J connectivity index is 2.14. The maximum atomic E-state index is 5.50. The predicted octanol–water partition coefficient (Wildman–Crippen LogP) is 2.57. The molecule has 0 spiro atoms. The summed E-state index contributed by atoms with van der Waals surface area (Å²) in [4.78, 5) is 9.08. The molecule has 82 valence electrons. The van der Waals surface area contributed by atoms with Gasteiger partial charge in [0.15, 0.2) is 0 Å². The van der Waals surface area contributed by atoms with Crippen molar-refractivity contribution in [2.24, 2.45) is 0 Å². The number of nitrogen functional groups attached to an aromatic ring is 1. The summed E-state index contributed by atoms with van der Waals surface area (Å²) in [6.45, 7) is 0. The first-order valence-electron chi connectivity index (χ1n) is 4.67. The van der Waals surface area contributed by atoms with Gasteiger partial charge in [-0.2, -0.15) is 4.98 Å². The van der Waals surface area contributed by atoms with Gasteiger partial charge in [-0.15, -0.1) is 11.8 Å². The van der Waals surface area contributed by atoms with E-state index in [0.717, 1.165) is 5.75 Å². The van der Waals surface area contributed by atoms with Crippen molar-refractivity contribution in [3.8, 4) is 11.6 Å². The van der Waals surface area contributed by atoms with Gasteiger partial charge in [-0.05, 0) is 30.5 Å². The molecule has 0 atom stereocenters. The number of anilines is 1. The molecule has 2 N–H and O–H groups in total. The van der Waals surface area contributed by atoms with Gasteiger partial charge in [-0.3, -0.25) is 4.98 Å². The smallest absolute Gasteiger partial charge is 0.239 e. The molecule has 1 aromatic heterocycles. The Morgan fingerprint density at radius 1 is 1.19 bits per heavy atom. The molecule has 2 aromatic rings. The Morgan fingerprint density at radius 2 is 1.94 bits per heavy atom. The summed E-state index contributed by atoms with van der Waals surface area (Å²) in [6, 6.07) is 7.74. The largest absolute Gasteiger partial charge is 0.437 e. The van der Waals surface area contributed by atoms with Gasteiger partial charge < -0.3 is 10.5 Å². The van der Waals surface area contributed by atoms with Crippen LogP contribution in [0.1, 0.15) is 0 Å². The Morgan fingerprint density at radius 3 is 2.56 bits per heavy atom. The molecule has 0 amide bonds. The first-order chi connectivity index (χ1) is 7.78. The van der Waals surface area contributed by atoms with Crippen LogP contribution in [-0.2, 0) is 0 Å². The van der Waals surface area contributed by atoms with Crippen LogP contribution in [0.2, 0.25) is 0 Å². The first-order valence-corrected chi connectivity index (χ1v) is 5.90. The zero-order chi connectivity index (χ0) is 11.4. The van der Waals surface area contributed by atoms with Crippen molar-refractivity contribution in [1.29, 1.82) is 0 Å². The summed E-state index contributed by atoms with van der Waals surface area (Å²) in [5, 5.41) is 0. The number of hydrogen-bond acceptors (Lipinski definition) is 5. The van der Waals surface area contributed by atoms with E-state index in [9.17, 15) is 0 Å². The standard InChI is InChI=1S/C11H11N3OS/c1-16-9-4-2-8(3-5-9)15-11-7-13-6-10(12)14-11/h2-7H,1H3,(H2,12,14). The topological polar surface area (TPSA) is 61.0 Å². The maximum Gasteiger partial charge on any atom is 0.239 e. The lowest BCUT2D eigenvalue weighted by molar-refractivity contribution is 0.461. The van der Waals surface area contributed by atoms with Gasteiger partial charge in [0.05, 0.1) is 12.4 Å². The minimum absolute atomic E-state index is 0.346. The third-order valence-electron chi connectivity index (χ3n) is 1.91. The maximum absolute atomic E-state index is 5.50. The molecule has 1 heterocycles. The quantitative estimate of drug-likeness (QED) is 0.825. The number of ether oxygens (including phenoxy) is 1. The second kappa shape index (κ2) is 4.85. The lowest BCUT2D eigenvalue weighted by Gasteiger charge is -2.04. The van der Waals surface area contributed by atoms with Crippen molar-refractivity contribution >= 4 is 17.6 Å². The van der Waals surface area contributed by atoms with Gasteiger partial charge in [-0.1, -0.05) is 0 Å². The van der Waals surface area contributed by atoms with Gasteiger partial charge in [-0.25, -0.2) is 0 Å². The highest BCUT2D eigenvalue weighted by Gasteiger charge is 1.99. The van der Waals surface area contributed by atoms with Gasteiger partial charge >= 0.3 is 0 Å². The van der Waals surface area contributed by atoms with Gasteiger partial charge in [0.2, 0.25) is 5.88 Å². The lowest BCUT2D eigenvalue weighted by atomic mass is 10.3. The fraction of sp³-hybridized carbons (Fsp3) is 0.0909. The minimum atomic E-state index is 0.346. The van der Waals surface area contributed by atoms with Crippen molar-refractivity contribution in [2.75, 3.05) is 12.0 Å². The fourth-order valence-corrected chi connectivity index (χ4v) is 1.58. The third-order valence-corrected chi connectivity index (χ3v) is 2.66. The zero-order valence-electron chi connectivity index (χ0n) is 8.75. The van der Waals surface area contributed by atoms with Crippen molar-refractivity contribution in [2.45, 2.75) is 4.90 Å². The summed E-state index contributed by atoms with van der Waals surface area (Å²) < 4.78 is 5.50. The van der Waals surface area contributed by atoms with Crippen molar-refractivity contribution in [1.82, 2.24) is 9.97 Å². The number of nitrogens with zero attached hydrogens (tertiary/aromatic N) is 2. The van der Waals surface area contributed by atoms with E-state index in [1.807, 2.05) is 30.5 Å². The number of nitrogens with two attached hydrogens (primary N) is 1. The zero-order valence-corrected chi connectivity index (χ0v) is 9.57. The Kier molecular flexibility index (Phi) is 3.26. The molecule has 0 fully saturated rings. The molecule has 4 nitrogen and oxygen atoms in total. The Hall–Kier alpha value is -1.75. The number of thioether (sulfide) groups is 1. The van der Waals surface area contributed by atoms with Gasteiger partial charge in [0.25, 0.3) is 0 Å². The summed E-state index contributed by atoms with van der Waals surface area (Å²) in [5.41, 5.74) is 5.50. The highest BCUT2D eigenvalue weighted by Crippen LogP contribution is 2.22. The number of benzene rings is 1. The second-order valence-corrected chi connectivity index (χ2v) is 3.94. The fourth-order valence-electron chi connectivity index (χ4n) is 1.18. The average Bonchev–Trinajstić information content (AvgIpc) is 2.30. The molecular formula is C11H11N3OS. The number of hydrogen-bond donors (Lipinski definition) is 1. The minimum Gasteiger partial charge on any atom is -0.437 e. The van der Waals surface area contributed by atoms with E-state index in [4.69, 9.17) is 10.5 Å². The second-order valence-electron chi connectivity index (χ2n) is 3.06. The van der Waals surface area contributed by atoms with Crippen LogP contribution in [0.4, 0.5) is 5.82 Å². The number of aromatic nitrogens is 2. The van der Waals surface area contributed by atoms with Crippen LogP contribution in [0.25, 0.3) is 0 Å². The van der Waals surface area contributed by atoms with Crippen LogP contribution in [0.3, 0.4) is 0 Å². The van der Waals surface area contributed by atoms with E-state index in [2.05, 4.69) is 9.97 Å². The van der Waals surface area contributed by atoms with Crippen molar-refractivity contribution in [3.63, 3.8) is 0 Å². The van der Waals surface area contributed by atoms with E-state index in [1.54, 1.807) is 11.8 Å².